The van der Waals surface area contributed by atoms with E-state index >= 15 is 0 Å². The van der Waals surface area contributed by atoms with Gasteiger partial charge in [0.2, 0.25) is 9.84 Å². The predicted molar refractivity (Wildman–Crippen MR) is 80.6 cm³/mol. The van der Waals surface area contributed by atoms with Crippen LogP contribution in [0.15, 0.2) is 58.5 Å². The largest absolute Gasteiger partial charge is 0.313 e. The van der Waals surface area contributed by atoms with Gasteiger partial charge in [-0.05, 0) is 30.7 Å². The Kier molecular flexibility index (Phi) is 3.23. The fourth-order valence-corrected chi connectivity index (χ4v) is 3.79. The summed E-state index contributed by atoms with van der Waals surface area (Å²) < 4.78 is 38.8. The minimum Gasteiger partial charge on any atom is -0.313 e. The molecule has 2 aromatic rings. The van der Waals surface area contributed by atoms with E-state index in [1.165, 1.54) is 23.2 Å². The van der Waals surface area contributed by atoms with Gasteiger partial charge in [-0.3, -0.25) is 0 Å². The number of nitrogens with zero attached hydrogens (tertiary/aromatic N) is 2. The Morgan fingerprint density at radius 2 is 1.77 bits per heavy atom. The van der Waals surface area contributed by atoms with Crippen LogP contribution in [-0.4, -0.2) is 8.42 Å². The van der Waals surface area contributed by atoms with Crippen molar-refractivity contribution in [1.29, 1.82) is 5.26 Å². The topological polar surface area (TPSA) is 61.2 Å². The lowest BCUT2D eigenvalue weighted by molar-refractivity contribution is 0.570. The van der Waals surface area contributed by atoms with Gasteiger partial charge in [-0.15, -0.1) is 0 Å². The summed E-state index contributed by atoms with van der Waals surface area (Å²) in [5.41, 5.74) is 1.77. The van der Waals surface area contributed by atoms with Crippen molar-refractivity contribution >= 4 is 21.2 Å². The van der Waals surface area contributed by atoms with Gasteiger partial charge in [0, 0.05) is 11.9 Å². The van der Waals surface area contributed by atoms with Gasteiger partial charge < -0.3 is 4.90 Å². The maximum atomic E-state index is 14.1. The molecule has 0 amide bonds. The van der Waals surface area contributed by atoms with Crippen LogP contribution in [0.5, 0.6) is 0 Å². The summed E-state index contributed by atoms with van der Waals surface area (Å²) in [6.45, 7) is 1.86. The van der Waals surface area contributed by atoms with Crippen LogP contribution in [0.4, 0.5) is 15.8 Å². The quantitative estimate of drug-likeness (QED) is 0.809. The number of hydrogen-bond acceptors (Lipinski definition) is 4. The van der Waals surface area contributed by atoms with E-state index < -0.39 is 25.5 Å². The van der Waals surface area contributed by atoms with Gasteiger partial charge in [0.25, 0.3) is 0 Å². The first kappa shape index (κ1) is 14.3. The number of anilines is 2. The molecule has 0 aliphatic carbocycles. The van der Waals surface area contributed by atoms with Gasteiger partial charge in [-0.25, -0.2) is 12.8 Å². The van der Waals surface area contributed by atoms with Crippen LogP contribution in [0.3, 0.4) is 0 Å². The van der Waals surface area contributed by atoms with Crippen molar-refractivity contribution < 1.29 is 12.8 Å². The molecule has 22 heavy (non-hydrogen) atoms. The molecular weight excluding hydrogens is 303 g/mol. The summed E-state index contributed by atoms with van der Waals surface area (Å²) in [4.78, 5) is 0.596. The molecule has 2 aromatic carbocycles. The number of benzene rings is 2. The van der Waals surface area contributed by atoms with Gasteiger partial charge in [0.15, 0.2) is 4.91 Å². The maximum absolute atomic E-state index is 14.1. The molecule has 0 bridgehead atoms. The predicted octanol–water partition coefficient (Wildman–Crippen LogP) is 3.42. The Hall–Kier alpha value is -2.65. The zero-order chi connectivity index (χ0) is 15.9. The number of halogens is 1. The molecule has 4 nitrogen and oxygen atoms in total. The highest BCUT2D eigenvalue weighted by Gasteiger charge is 2.35. The number of fused-ring (bicyclic) bond motifs is 1. The van der Waals surface area contributed by atoms with Crippen LogP contribution in [0.1, 0.15) is 5.56 Å². The van der Waals surface area contributed by atoms with E-state index in [4.69, 9.17) is 5.26 Å². The first-order valence-electron chi connectivity index (χ1n) is 6.47. The lowest BCUT2D eigenvalue weighted by Gasteiger charge is -2.28. The molecule has 6 heteroatoms. The number of allylic oxidation sites excluding steroid dienone is 1. The van der Waals surface area contributed by atoms with Crippen molar-refractivity contribution in [2.45, 2.75) is 11.8 Å². The van der Waals surface area contributed by atoms with Crippen molar-refractivity contribution in [2.75, 3.05) is 4.90 Å². The molecule has 1 aliphatic heterocycles. The van der Waals surface area contributed by atoms with Crippen molar-refractivity contribution in [3.63, 3.8) is 0 Å². The van der Waals surface area contributed by atoms with Crippen molar-refractivity contribution in [2.24, 2.45) is 0 Å². The Balaban J connectivity index is 2.37. The Labute approximate surface area is 127 Å². The number of aryl methyl sites for hydroxylation is 1. The third kappa shape index (κ3) is 1.98. The molecule has 0 atom stereocenters. The van der Waals surface area contributed by atoms with Gasteiger partial charge in [0.1, 0.15) is 16.8 Å². The standard InChI is InChI=1S/C16H11FN2O2S/c1-11-5-2-3-7-14(11)19-10-12(9-18)22(20,21)16-13(17)6-4-8-15(16)19/h2-8,10H,1H3. The zero-order valence-electron chi connectivity index (χ0n) is 11.6. The highest BCUT2D eigenvalue weighted by atomic mass is 32.2. The zero-order valence-corrected chi connectivity index (χ0v) is 12.4. The lowest BCUT2D eigenvalue weighted by Crippen LogP contribution is -2.23. The smallest absolute Gasteiger partial charge is 0.223 e. The number of sulfone groups is 1. The van der Waals surface area contributed by atoms with Crippen LogP contribution in [-0.2, 0) is 9.84 Å². The Morgan fingerprint density at radius 3 is 2.45 bits per heavy atom. The lowest BCUT2D eigenvalue weighted by atomic mass is 10.1. The number of para-hydroxylation sites is 1. The molecule has 0 aromatic heterocycles. The molecule has 0 fully saturated rings. The van der Waals surface area contributed by atoms with E-state index in [0.717, 1.165) is 11.6 Å². The summed E-state index contributed by atoms with van der Waals surface area (Å²) in [5.74, 6) is -0.864. The summed E-state index contributed by atoms with van der Waals surface area (Å²) in [6.07, 6.45) is 1.24. The number of rotatable bonds is 1. The van der Waals surface area contributed by atoms with E-state index in [1.54, 1.807) is 18.2 Å². The minimum atomic E-state index is -4.13. The van der Waals surface area contributed by atoms with E-state index in [9.17, 15) is 12.8 Å². The molecule has 1 aliphatic rings. The number of hydrogen-bond donors (Lipinski definition) is 0. The highest BCUT2D eigenvalue weighted by molar-refractivity contribution is 7.95. The SMILES string of the molecule is Cc1ccccc1N1C=C(C#N)S(=O)(=O)c2c(F)cccc21. The monoisotopic (exact) mass is 314 g/mol. The normalized spacial score (nSPS) is 15.7. The first-order chi connectivity index (χ1) is 10.5. The van der Waals surface area contributed by atoms with E-state index in [-0.39, 0.29) is 5.69 Å². The van der Waals surface area contributed by atoms with Crippen molar-refractivity contribution in [3.8, 4) is 6.07 Å². The average molecular weight is 314 g/mol. The van der Waals surface area contributed by atoms with Crippen LogP contribution < -0.4 is 4.90 Å². The van der Waals surface area contributed by atoms with Gasteiger partial charge in [-0.2, -0.15) is 5.26 Å². The molecular formula is C16H11FN2O2S. The second kappa shape index (κ2) is 4.97. The summed E-state index contributed by atoms with van der Waals surface area (Å²) in [7, 11) is -4.13. The molecule has 110 valence electrons. The van der Waals surface area contributed by atoms with Gasteiger partial charge in [-0.1, -0.05) is 24.3 Å². The molecule has 0 unspecified atom stereocenters. The fraction of sp³-hybridized carbons (Fsp3) is 0.0625. The third-order valence-corrected chi connectivity index (χ3v) is 5.21. The second-order valence-corrected chi connectivity index (χ2v) is 6.71. The van der Waals surface area contributed by atoms with Crippen LogP contribution in [0.2, 0.25) is 0 Å². The molecule has 3 rings (SSSR count). The fourth-order valence-electron chi connectivity index (χ4n) is 2.44. The van der Waals surface area contributed by atoms with Crippen LogP contribution in [0, 0.1) is 24.1 Å². The van der Waals surface area contributed by atoms with Crippen molar-refractivity contribution in [1.82, 2.24) is 0 Å². The van der Waals surface area contributed by atoms with Crippen LogP contribution in [0.25, 0.3) is 0 Å². The average Bonchev–Trinajstić information content (AvgIpc) is 2.48. The summed E-state index contributed by atoms with van der Waals surface area (Å²) in [5, 5.41) is 9.13. The summed E-state index contributed by atoms with van der Waals surface area (Å²) in [6, 6.07) is 13.0. The highest BCUT2D eigenvalue weighted by Crippen LogP contribution is 2.41. The molecule has 0 saturated carbocycles. The molecule has 0 N–H and O–H groups in total. The van der Waals surface area contributed by atoms with Gasteiger partial charge in [0.05, 0.1) is 5.69 Å². The minimum absolute atomic E-state index is 0.202. The van der Waals surface area contributed by atoms with Gasteiger partial charge >= 0.3 is 0 Å². The van der Waals surface area contributed by atoms with E-state index in [0.29, 0.717) is 5.69 Å². The Bertz CT molecular complexity index is 943. The Morgan fingerprint density at radius 1 is 1.09 bits per heavy atom. The second-order valence-electron chi connectivity index (χ2n) is 4.85. The van der Waals surface area contributed by atoms with Crippen molar-refractivity contribution in [3.05, 3.63) is 65.0 Å². The van der Waals surface area contributed by atoms with Crippen LogP contribution >= 0.6 is 0 Å². The molecule has 1 heterocycles. The molecule has 0 saturated heterocycles. The number of nitriles is 1. The molecule has 0 radical (unpaired) electrons. The first-order valence-corrected chi connectivity index (χ1v) is 7.95. The van der Waals surface area contributed by atoms with E-state index in [1.807, 2.05) is 19.1 Å². The third-order valence-electron chi connectivity index (χ3n) is 3.50. The molecule has 0 spiro atoms. The maximum Gasteiger partial charge on any atom is 0.223 e. The van der Waals surface area contributed by atoms with E-state index in [2.05, 4.69) is 0 Å². The summed E-state index contributed by atoms with van der Waals surface area (Å²) >= 11 is 0.